The maximum Gasteiger partial charge on any atom is 0.191 e. The van der Waals surface area contributed by atoms with E-state index in [1.54, 1.807) is 20.4 Å². The second kappa shape index (κ2) is 9.90. The average molecular weight is 371 g/mol. The van der Waals surface area contributed by atoms with Gasteiger partial charge in [0.15, 0.2) is 17.5 Å². The highest BCUT2D eigenvalue weighted by molar-refractivity contribution is 5.79. The number of hydrogen-bond acceptors (Lipinski definition) is 4. The minimum absolute atomic E-state index is 0.320. The molecule has 1 fully saturated rings. The van der Waals surface area contributed by atoms with E-state index < -0.39 is 0 Å². The Labute approximate surface area is 161 Å². The molecule has 0 saturated heterocycles. The largest absolute Gasteiger partial charge is 0.493 e. The summed E-state index contributed by atoms with van der Waals surface area (Å²) >= 11 is 0. The van der Waals surface area contributed by atoms with E-state index in [2.05, 4.69) is 21.7 Å². The van der Waals surface area contributed by atoms with Gasteiger partial charge in [0, 0.05) is 26.6 Å². The van der Waals surface area contributed by atoms with E-state index >= 15 is 0 Å². The van der Waals surface area contributed by atoms with Gasteiger partial charge in [0.05, 0.1) is 19.5 Å². The van der Waals surface area contributed by atoms with Crippen LogP contribution in [-0.4, -0.2) is 32.8 Å². The zero-order chi connectivity index (χ0) is 18.9. The number of guanidine groups is 1. The molecule has 1 aliphatic carbocycles. The van der Waals surface area contributed by atoms with E-state index in [4.69, 9.17) is 13.9 Å². The zero-order valence-electron chi connectivity index (χ0n) is 16.2. The van der Waals surface area contributed by atoms with Crippen molar-refractivity contribution in [1.82, 2.24) is 10.6 Å². The van der Waals surface area contributed by atoms with Gasteiger partial charge in [0.2, 0.25) is 0 Å². The van der Waals surface area contributed by atoms with E-state index in [0.717, 1.165) is 54.6 Å². The molecule has 1 aliphatic rings. The zero-order valence-corrected chi connectivity index (χ0v) is 16.2. The molecule has 1 aromatic carbocycles. The standard InChI is InChI=1S/C21H29N3O3/c1-22-21(23-12-11-17-8-5-13-26-17)24-15-16-9-10-19(20(14-16)25-2)27-18-6-3-4-7-18/h5,8-10,13-14,18H,3-4,6-7,11-12,15H2,1-2H3,(H2,22,23,24). The molecule has 0 spiro atoms. The predicted molar refractivity (Wildman–Crippen MR) is 106 cm³/mol. The third-order valence-electron chi connectivity index (χ3n) is 4.75. The highest BCUT2D eigenvalue weighted by Crippen LogP contribution is 2.32. The first-order valence-electron chi connectivity index (χ1n) is 9.59. The molecule has 0 bridgehead atoms. The molecule has 27 heavy (non-hydrogen) atoms. The number of nitrogens with one attached hydrogen (secondary N) is 2. The first kappa shape index (κ1) is 19.1. The Balaban J connectivity index is 1.49. The molecule has 1 saturated carbocycles. The fourth-order valence-electron chi connectivity index (χ4n) is 3.27. The van der Waals surface area contributed by atoms with Gasteiger partial charge in [-0.2, -0.15) is 0 Å². The van der Waals surface area contributed by atoms with Crippen LogP contribution in [0, 0.1) is 0 Å². The van der Waals surface area contributed by atoms with Crippen LogP contribution in [-0.2, 0) is 13.0 Å². The molecule has 1 heterocycles. The monoisotopic (exact) mass is 371 g/mol. The second-order valence-electron chi connectivity index (χ2n) is 6.69. The van der Waals surface area contributed by atoms with Crippen molar-refractivity contribution in [2.45, 2.75) is 44.8 Å². The normalized spacial score (nSPS) is 15.0. The van der Waals surface area contributed by atoms with E-state index in [9.17, 15) is 0 Å². The lowest BCUT2D eigenvalue weighted by atomic mass is 10.2. The van der Waals surface area contributed by atoms with Gasteiger partial charge in [-0.05, 0) is 55.5 Å². The summed E-state index contributed by atoms with van der Waals surface area (Å²) in [5, 5.41) is 6.61. The van der Waals surface area contributed by atoms with Crippen molar-refractivity contribution < 1.29 is 13.9 Å². The molecule has 2 N–H and O–H groups in total. The summed E-state index contributed by atoms with van der Waals surface area (Å²) in [6, 6.07) is 9.96. The van der Waals surface area contributed by atoms with Crippen molar-refractivity contribution in [2.24, 2.45) is 4.99 Å². The summed E-state index contributed by atoms with van der Waals surface area (Å²) in [4.78, 5) is 4.26. The number of hydrogen-bond donors (Lipinski definition) is 2. The Morgan fingerprint density at radius 3 is 2.74 bits per heavy atom. The van der Waals surface area contributed by atoms with Crippen LogP contribution in [0.15, 0.2) is 46.0 Å². The van der Waals surface area contributed by atoms with Gasteiger partial charge in [0.1, 0.15) is 5.76 Å². The van der Waals surface area contributed by atoms with Crippen LogP contribution < -0.4 is 20.1 Å². The molecule has 6 heteroatoms. The Bertz CT molecular complexity index is 722. The van der Waals surface area contributed by atoms with Crippen LogP contribution in [0.3, 0.4) is 0 Å². The van der Waals surface area contributed by atoms with Crippen molar-refractivity contribution in [3.63, 3.8) is 0 Å². The van der Waals surface area contributed by atoms with Gasteiger partial charge in [-0.1, -0.05) is 6.07 Å². The Morgan fingerprint density at radius 2 is 2.04 bits per heavy atom. The van der Waals surface area contributed by atoms with Gasteiger partial charge < -0.3 is 24.5 Å². The molecule has 3 rings (SSSR count). The SMILES string of the molecule is CN=C(NCCc1ccco1)NCc1ccc(OC2CCCC2)c(OC)c1. The van der Waals surface area contributed by atoms with Crippen LogP contribution in [0.2, 0.25) is 0 Å². The van der Waals surface area contributed by atoms with Gasteiger partial charge >= 0.3 is 0 Å². The van der Waals surface area contributed by atoms with Gasteiger partial charge in [0.25, 0.3) is 0 Å². The number of aliphatic imine (C=N–C) groups is 1. The first-order chi connectivity index (χ1) is 13.3. The summed E-state index contributed by atoms with van der Waals surface area (Å²) in [6.45, 7) is 1.41. The number of ether oxygens (including phenoxy) is 2. The summed E-state index contributed by atoms with van der Waals surface area (Å²) < 4.78 is 17.0. The van der Waals surface area contributed by atoms with Crippen LogP contribution in [0.25, 0.3) is 0 Å². The Morgan fingerprint density at radius 1 is 1.19 bits per heavy atom. The molecule has 2 aromatic rings. The lowest BCUT2D eigenvalue weighted by Gasteiger charge is -2.17. The highest BCUT2D eigenvalue weighted by Gasteiger charge is 2.18. The van der Waals surface area contributed by atoms with Crippen molar-refractivity contribution in [1.29, 1.82) is 0 Å². The van der Waals surface area contributed by atoms with Gasteiger partial charge in [-0.15, -0.1) is 0 Å². The summed E-state index contributed by atoms with van der Waals surface area (Å²) in [5.41, 5.74) is 1.11. The topological polar surface area (TPSA) is 68.0 Å². The number of benzene rings is 1. The summed E-state index contributed by atoms with van der Waals surface area (Å²) in [7, 11) is 3.45. The third kappa shape index (κ3) is 5.67. The number of methoxy groups -OCH3 is 1. The second-order valence-corrected chi connectivity index (χ2v) is 6.69. The smallest absolute Gasteiger partial charge is 0.191 e. The maximum atomic E-state index is 6.10. The fourth-order valence-corrected chi connectivity index (χ4v) is 3.27. The van der Waals surface area contributed by atoms with Crippen molar-refractivity contribution >= 4 is 5.96 Å². The maximum absolute atomic E-state index is 6.10. The average Bonchev–Trinajstić information content (AvgIpc) is 3.39. The molecule has 1 aromatic heterocycles. The van der Waals surface area contributed by atoms with E-state index in [-0.39, 0.29) is 0 Å². The minimum atomic E-state index is 0.320. The molecule has 0 aliphatic heterocycles. The summed E-state index contributed by atoms with van der Waals surface area (Å²) in [6.07, 6.45) is 7.59. The molecule has 0 atom stereocenters. The minimum Gasteiger partial charge on any atom is -0.493 e. The van der Waals surface area contributed by atoms with Crippen LogP contribution in [0.4, 0.5) is 0 Å². The van der Waals surface area contributed by atoms with Crippen molar-refractivity contribution in [2.75, 3.05) is 20.7 Å². The highest BCUT2D eigenvalue weighted by atomic mass is 16.5. The Hall–Kier alpha value is -2.63. The first-order valence-corrected chi connectivity index (χ1v) is 9.59. The number of nitrogens with zero attached hydrogens (tertiary/aromatic N) is 1. The van der Waals surface area contributed by atoms with Gasteiger partial charge in [-0.3, -0.25) is 4.99 Å². The fraction of sp³-hybridized carbons (Fsp3) is 0.476. The van der Waals surface area contributed by atoms with Crippen LogP contribution in [0.5, 0.6) is 11.5 Å². The van der Waals surface area contributed by atoms with Gasteiger partial charge in [-0.25, -0.2) is 0 Å². The van der Waals surface area contributed by atoms with E-state index in [0.29, 0.717) is 12.6 Å². The quantitative estimate of drug-likeness (QED) is 0.549. The van der Waals surface area contributed by atoms with E-state index in [1.165, 1.54) is 12.8 Å². The lowest BCUT2D eigenvalue weighted by Crippen LogP contribution is -2.37. The van der Waals surface area contributed by atoms with E-state index in [1.807, 2.05) is 24.3 Å². The predicted octanol–water partition coefficient (Wildman–Crippen LogP) is 3.52. The van der Waals surface area contributed by atoms with Crippen molar-refractivity contribution in [3.05, 3.63) is 47.9 Å². The molecule has 6 nitrogen and oxygen atoms in total. The summed E-state index contributed by atoms with van der Waals surface area (Å²) in [5.74, 6) is 3.32. The third-order valence-corrected chi connectivity index (χ3v) is 4.75. The molecule has 0 unspecified atom stereocenters. The molecular weight excluding hydrogens is 342 g/mol. The number of rotatable bonds is 8. The molecule has 0 radical (unpaired) electrons. The lowest BCUT2D eigenvalue weighted by molar-refractivity contribution is 0.200. The van der Waals surface area contributed by atoms with Crippen LogP contribution >= 0.6 is 0 Å². The molecular formula is C21H29N3O3. The number of furan rings is 1. The van der Waals surface area contributed by atoms with Crippen LogP contribution in [0.1, 0.15) is 37.0 Å². The Kier molecular flexibility index (Phi) is 7.02. The molecule has 146 valence electrons. The van der Waals surface area contributed by atoms with Crippen molar-refractivity contribution in [3.8, 4) is 11.5 Å². The molecule has 0 amide bonds.